The number of rotatable bonds is 1. The first-order valence-corrected chi connectivity index (χ1v) is 5.45. The minimum atomic E-state index is 0.548. The first-order chi connectivity index (χ1) is 7.16. The Hall–Kier alpha value is -1.35. The quantitative estimate of drug-likeness (QED) is 0.856. The molecule has 0 bridgehead atoms. The topological polar surface area (TPSA) is 38.9 Å². The first kappa shape index (κ1) is 10.2. The Morgan fingerprint density at radius 1 is 1.20 bits per heavy atom. The molecule has 0 aliphatic carbocycles. The number of anilines is 1. The summed E-state index contributed by atoms with van der Waals surface area (Å²) in [6.45, 7) is 2.06. The maximum absolute atomic E-state index is 5.66. The summed E-state index contributed by atoms with van der Waals surface area (Å²) in [6.07, 6.45) is 0. The van der Waals surface area contributed by atoms with E-state index < -0.39 is 0 Å². The summed E-state index contributed by atoms with van der Waals surface area (Å²) in [5.41, 5.74) is 8.87. The average molecular weight is 263 g/mol. The highest BCUT2D eigenvalue weighted by Crippen LogP contribution is 2.25. The van der Waals surface area contributed by atoms with Crippen LogP contribution in [0.1, 0.15) is 5.56 Å². The summed E-state index contributed by atoms with van der Waals surface area (Å²) in [7, 11) is 0. The lowest BCUT2D eigenvalue weighted by Gasteiger charge is -2.06. The van der Waals surface area contributed by atoms with Gasteiger partial charge in [-0.2, -0.15) is 0 Å². The molecule has 0 unspecified atom stereocenters. The smallest absolute Gasteiger partial charge is 0.124 e. The average Bonchev–Trinajstić information content (AvgIpc) is 2.22. The van der Waals surface area contributed by atoms with Crippen molar-refractivity contribution in [2.24, 2.45) is 0 Å². The molecule has 0 radical (unpaired) electrons. The SMILES string of the molecule is Cc1ccc(Br)cc1-c1cccc(N)n1. The second-order valence-corrected chi connectivity index (χ2v) is 4.32. The highest BCUT2D eigenvalue weighted by molar-refractivity contribution is 9.10. The number of pyridine rings is 1. The Bertz CT molecular complexity index is 495. The van der Waals surface area contributed by atoms with Gasteiger partial charge in [-0.1, -0.05) is 28.1 Å². The number of nitrogen functional groups attached to an aromatic ring is 1. The normalized spacial score (nSPS) is 10.3. The summed E-state index contributed by atoms with van der Waals surface area (Å²) in [6, 6.07) is 11.8. The number of aryl methyl sites for hydroxylation is 1. The Morgan fingerprint density at radius 2 is 2.00 bits per heavy atom. The molecule has 1 heterocycles. The van der Waals surface area contributed by atoms with Crippen molar-refractivity contribution in [1.29, 1.82) is 0 Å². The van der Waals surface area contributed by atoms with E-state index in [4.69, 9.17) is 5.73 Å². The van der Waals surface area contributed by atoms with Crippen LogP contribution in [0.25, 0.3) is 11.3 Å². The largest absolute Gasteiger partial charge is 0.384 e. The first-order valence-electron chi connectivity index (χ1n) is 4.66. The van der Waals surface area contributed by atoms with E-state index in [1.807, 2.05) is 18.2 Å². The van der Waals surface area contributed by atoms with E-state index in [9.17, 15) is 0 Å². The van der Waals surface area contributed by atoms with Crippen molar-refractivity contribution in [2.45, 2.75) is 6.92 Å². The summed E-state index contributed by atoms with van der Waals surface area (Å²) in [4.78, 5) is 4.30. The van der Waals surface area contributed by atoms with Gasteiger partial charge in [0.05, 0.1) is 5.69 Å². The molecule has 0 saturated carbocycles. The van der Waals surface area contributed by atoms with Gasteiger partial charge in [0.1, 0.15) is 5.82 Å². The monoisotopic (exact) mass is 262 g/mol. The molecule has 0 saturated heterocycles. The van der Waals surface area contributed by atoms with E-state index in [0.717, 1.165) is 15.7 Å². The van der Waals surface area contributed by atoms with E-state index in [0.29, 0.717) is 5.82 Å². The number of benzene rings is 1. The van der Waals surface area contributed by atoms with Crippen molar-refractivity contribution in [1.82, 2.24) is 4.98 Å². The lowest BCUT2D eigenvalue weighted by Crippen LogP contribution is -1.92. The molecule has 2 nitrogen and oxygen atoms in total. The van der Waals surface area contributed by atoms with Crippen LogP contribution in [0.15, 0.2) is 40.9 Å². The number of nitrogens with zero attached hydrogens (tertiary/aromatic N) is 1. The molecule has 0 aliphatic heterocycles. The molecule has 0 amide bonds. The molecule has 1 aromatic carbocycles. The molecule has 0 atom stereocenters. The van der Waals surface area contributed by atoms with Gasteiger partial charge in [0.25, 0.3) is 0 Å². The van der Waals surface area contributed by atoms with Gasteiger partial charge in [-0.15, -0.1) is 0 Å². The molecule has 15 heavy (non-hydrogen) atoms. The zero-order valence-electron chi connectivity index (χ0n) is 8.37. The fraction of sp³-hybridized carbons (Fsp3) is 0.0833. The van der Waals surface area contributed by atoms with Gasteiger partial charge in [-0.25, -0.2) is 4.98 Å². The van der Waals surface area contributed by atoms with Crippen LogP contribution in [0.3, 0.4) is 0 Å². The lowest BCUT2D eigenvalue weighted by atomic mass is 10.1. The van der Waals surface area contributed by atoms with E-state index in [-0.39, 0.29) is 0 Å². The summed E-state index contributed by atoms with van der Waals surface area (Å²) >= 11 is 3.45. The van der Waals surface area contributed by atoms with Crippen LogP contribution in [0.5, 0.6) is 0 Å². The Kier molecular flexibility index (Phi) is 2.73. The molecule has 2 N–H and O–H groups in total. The van der Waals surface area contributed by atoms with Crippen LogP contribution in [-0.4, -0.2) is 4.98 Å². The zero-order chi connectivity index (χ0) is 10.8. The second-order valence-electron chi connectivity index (χ2n) is 3.41. The fourth-order valence-corrected chi connectivity index (χ4v) is 1.83. The van der Waals surface area contributed by atoms with Crippen LogP contribution in [0, 0.1) is 6.92 Å². The summed E-state index contributed by atoms with van der Waals surface area (Å²) < 4.78 is 1.05. The predicted molar refractivity (Wildman–Crippen MR) is 66.5 cm³/mol. The molecule has 0 fully saturated rings. The zero-order valence-corrected chi connectivity index (χ0v) is 9.95. The van der Waals surface area contributed by atoms with Crippen molar-refractivity contribution in [3.8, 4) is 11.3 Å². The molecule has 76 valence electrons. The number of halogens is 1. The third kappa shape index (κ3) is 2.18. The molecular weight excluding hydrogens is 252 g/mol. The van der Waals surface area contributed by atoms with Crippen LogP contribution in [0.4, 0.5) is 5.82 Å². The van der Waals surface area contributed by atoms with Crippen molar-refractivity contribution in [2.75, 3.05) is 5.73 Å². The van der Waals surface area contributed by atoms with Gasteiger partial charge in [-0.3, -0.25) is 0 Å². The number of aromatic nitrogens is 1. The van der Waals surface area contributed by atoms with Crippen molar-refractivity contribution in [3.63, 3.8) is 0 Å². The fourth-order valence-electron chi connectivity index (χ4n) is 1.47. The van der Waals surface area contributed by atoms with E-state index in [1.165, 1.54) is 5.56 Å². The minimum Gasteiger partial charge on any atom is -0.384 e. The third-order valence-electron chi connectivity index (χ3n) is 2.25. The third-order valence-corrected chi connectivity index (χ3v) is 2.74. The van der Waals surface area contributed by atoms with Crippen molar-refractivity contribution >= 4 is 21.7 Å². The van der Waals surface area contributed by atoms with E-state index in [1.54, 1.807) is 6.07 Å². The van der Waals surface area contributed by atoms with Crippen LogP contribution >= 0.6 is 15.9 Å². The molecular formula is C12H11BrN2. The van der Waals surface area contributed by atoms with Crippen molar-refractivity contribution < 1.29 is 0 Å². The Morgan fingerprint density at radius 3 is 2.73 bits per heavy atom. The number of hydrogen-bond donors (Lipinski definition) is 1. The maximum atomic E-state index is 5.66. The van der Waals surface area contributed by atoms with Gasteiger partial charge in [-0.05, 0) is 36.8 Å². The van der Waals surface area contributed by atoms with E-state index in [2.05, 4.69) is 40.0 Å². The van der Waals surface area contributed by atoms with Crippen LogP contribution in [0.2, 0.25) is 0 Å². The summed E-state index contributed by atoms with van der Waals surface area (Å²) in [5.74, 6) is 0.548. The lowest BCUT2D eigenvalue weighted by molar-refractivity contribution is 1.31. The van der Waals surface area contributed by atoms with Gasteiger partial charge < -0.3 is 5.73 Å². The Balaban J connectivity index is 2.58. The number of hydrogen-bond acceptors (Lipinski definition) is 2. The van der Waals surface area contributed by atoms with E-state index >= 15 is 0 Å². The number of nitrogens with two attached hydrogens (primary N) is 1. The predicted octanol–water partition coefficient (Wildman–Crippen LogP) is 3.40. The Labute approximate surface area is 97.3 Å². The molecule has 0 spiro atoms. The van der Waals surface area contributed by atoms with Gasteiger partial charge in [0.15, 0.2) is 0 Å². The minimum absolute atomic E-state index is 0.548. The summed E-state index contributed by atoms with van der Waals surface area (Å²) in [5, 5.41) is 0. The molecule has 2 rings (SSSR count). The standard InChI is InChI=1S/C12H11BrN2/c1-8-5-6-9(13)7-10(8)11-3-2-4-12(14)15-11/h2-7H,1H3,(H2,14,15). The van der Waals surface area contributed by atoms with Gasteiger partial charge in [0, 0.05) is 10.0 Å². The maximum Gasteiger partial charge on any atom is 0.124 e. The van der Waals surface area contributed by atoms with Crippen LogP contribution in [-0.2, 0) is 0 Å². The second kappa shape index (κ2) is 4.03. The van der Waals surface area contributed by atoms with Gasteiger partial charge >= 0.3 is 0 Å². The van der Waals surface area contributed by atoms with Crippen molar-refractivity contribution in [3.05, 3.63) is 46.4 Å². The molecule has 3 heteroatoms. The molecule has 1 aromatic heterocycles. The molecule has 2 aromatic rings. The van der Waals surface area contributed by atoms with Gasteiger partial charge in [0.2, 0.25) is 0 Å². The highest BCUT2D eigenvalue weighted by atomic mass is 79.9. The van der Waals surface area contributed by atoms with Crippen LogP contribution < -0.4 is 5.73 Å². The highest BCUT2D eigenvalue weighted by Gasteiger charge is 2.03. The molecule has 0 aliphatic rings.